The molecule has 1 heterocycles. The van der Waals surface area contributed by atoms with Gasteiger partial charge in [0, 0.05) is 24.7 Å². The third kappa shape index (κ3) is 6.33. The number of hydrogen-bond donors (Lipinski definition) is 2. The highest BCUT2D eigenvalue weighted by Crippen LogP contribution is 2.20. The molecule has 3 unspecified atom stereocenters. The molecule has 0 saturated carbocycles. The predicted molar refractivity (Wildman–Crippen MR) is 100 cm³/mol. The molecule has 3 atom stereocenters. The van der Waals surface area contributed by atoms with Crippen LogP contribution in [-0.4, -0.2) is 37.1 Å². The highest BCUT2D eigenvalue weighted by atomic mass is 35.5. The Morgan fingerprint density at radius 2 is 1.88 bits per heavy atom. The Hall–Kier alpha value is -1.26. The standard InChI is InChI=1S/C19H30ClN3O/c1-14-11-15(2)13-23(12-14)10-4-9-21-19(24)22-16(3)17-5-7-18(20)8-6-17/h5-8,14-16H,4,9-13H2,1-3H3,(H2,21,22,24). The van der Waals surface area contributed by atoms with Gasteiger partial charge < -0.3 is 15.5 Å². The first kappa shape index (κ1) is 19.1. The molecule has 4 nitrogen and oxygen atoms in total. The zero-order valence-corrected chi connectivity index (χ0v) is 15.8. The molecule has 2 N–H and O–H groups in total. The SMILES string of the molecule is CC1CC(C)CN(CCCNC(=O)NC(C)c2ccc(Cl)cc2)C1. The van der Waals surface area contributed by atoms with Crippen LogP contribution in [0.4, 0.5) is 4.79 Å². The number of urea groups is 1. The van der Waals surface area contributed by atoms with Crippen molar-refractivity contribution < 1.29 is 4.79 Å². The van der Waals surface area contributed by atoms with Crippen LogP contribution in [0.3, 0.4) is 0 Å². The van der Waals surface area contributed by atoms with Crippen molar-refractivity contribution >= 4 is 17.6 Å². The molecular formula is C19H30ClN3O. The molecule has 1 fully saturated rings. The minimum absolute atomic E-state index is 0.0361. The molecule has 0 aliphatic carbocycles. The summed E-state index contributed by atoms with van der Waals surface area (Å²) in [6.07, 6.45) is 2.32. The first-order valence-electron chi connectivity index (χ1n) is 8.96. The number of nitrogens with zero attached hydrogens (tertiary/aromatic N) is 1. The molecule has 1 aromatic carbocycles. The number of amides is 2. The molecule has 0 aromatic heterocycles. The van der Waals surface area contributed by atoms with Crippen LogP contribution in [0.1, 0.15) is 45.2 Å². The number of carbonyl (C=O) groups is 1. The van der Waals surface area contributed by atoms with E-state index in [0.717, 1.165) is 30.4 Å². The van der Waals surface area contributed by atoms with E-state index in [0.29, 0.717) is 11.6 Å². The molecular weight excluding hydrogens is 322 g/mol. The molecule has 5 heteroatoms. The largest absolute Gasteiger partial charge is 0.338 e. The first-order chi connectivity index (χ1) is 11.4. The number of nitrogens with one attached hydrogen (secondary N) is 2. The average molecular weight is 352 g/mol. The van der Waals surface area contributed by atoms with E-state index in [2.05, 4.69) is 29.4 Å². The van der Waals surface area contributed by atoms with E-state index < -0.39 is 0 Å². The molecule has 2 rings (SSSR count). The van der Waals surface area contributed by atoms with Gasteiger partial charge in [0.1, 0.15) is 0 Å². The van der Waals surface area contributed by atoms with Crippen LogP contribution >= 0.6 is 11.6 Å². The van der Waals surface area contributed by atoms with E-state index >= 15 is 0 Å². The number of carbonyl (C=O) groups excluding carboxylic acids is 1. The van der Waals surface area contributed by atoms with Gasteiger partial charge in [0.05, 0.1) is 6.04 Å². The lowest BCUT2D eigenvalue weighted by Gasteiger charge is -2.34. The van der Waals surface area contributed by atoms with Crippen molar-refractivity contribution in [3.8, 4) is 0 Å². The summed E-state index contributed by atoms with van der Waals surface area (Å²) in [5, 5.41) is 6.62. The van der Waals surface area contributed by atoms with Gasteiger partial charge in [-0.2, -0.15) is 0 Å². The minimum atomic E-state index is -0.113. The van der Waals surface area contributed by atoms with E-state index in [1.165, 1.54) is 19.5 Å². The number of rotatable bonds is 6. The Labute approximate surface area is 150 Å². The number of hydrogen-bond acceptors (Lipinski definition) is 2. The van der Waals surface area contributed by atoms with Gasteiger partial charge >= 0.3 is 6.03 Å². The number of likely N-dealkylation sites (tertiary alicyclic amines) is 1. The molecule has 1 aromatic rings. The van der Waals surface area contributed by atoms with Gasteiger partial charge in [0.2, 0.25) is 0 Å². The van der Waals surface area contributed by atoms with Crippen molar-refractivity contribution in [3.05, 3.63) is 34.9 Å². The van der Waals surface area contributed by atoms with Gasteiger partial charge in [-0.25, -0.2) is 4.79 Å². The van der Waals surface area contributed by atoms with Crippen LogP contribution in [0.2, 0.25) is 5.02 Å². The minimum Gasteiger partial charge on any atom is -0.338 e. The van der Waals surface area contributed by atoms with Crippen molar-refractivity contribution in [1.82, 2.24) is 15.5 Å². The lowest BCUT2D eigenvalue weighted by Crippen LogP contribution is -2.41. The zero-order valence-electron chi connectivity index (χ0n) is 15.0. The fourth-order valence-corrected chi connectivity index (χ4v) is 3.69. The third-order valence-electron chi connectivity index (χ3n) is 4.60. The van der Waals surface area contributed by atoms with E-state index in [1.54, 1.807) is 0 Å². The monoisotopic (exact) mass is 351 g/mol. The number of halogens is 1. The van der Waals surface area contributed by atoms with Crippen LogP contribution in [-0.2, 0) is 0 Å². The Kier molecular flexibility index (Phi) is 7.38. The summed E-state index contributed by atoms with van der Waals surface area (Å²) >= 11 is 5.88. The maximum absolute atomic E-state index is 12.0. The number of benzene rings is 1. The summed E-state index contributed by atoms with van der Waals surface area (Å²) in [6, 6.07) is 7.41. The van der Waals surface area contributed by atoms with E-state index in [9.17, 15) is 4.79 Å². The van der Waals surface area contributed by atoms with E-state index in [1.807, 2.05) is 31.2 Å². The first-order valence-corrected chi connectivity index (χ1v) is 9.34. The maximum atomic E-state index is 12.0. The second-order valence-electron chi connectivity index (χ2n) is 7.23. The highest BCUT2D eigenvalue weighted by Gasteiger charge is 2.21. The van der Waals surface area contributed by atoms with Crippen molar-refractivity contribution in [2.45, 2.75) is 39.7 Å². The summed E-state index contributed by atoms with van der Waals surface area (Å²) in [4.78, 5) is 14.5. The van der Waals surface area contributed by atoms with Gasteiger partial charge in [-0.3, -0.25) is 0 Å². The van der Waals surface area contributed by atoms with Crippen molar-refractivity contribution in [2.75, 3.05) is 26.2 Å². The van der Waals surface area contributed by atoms with Gasteiger partial charge in [-0.05, 0) is 55.8 Å². The summed E-state index contributed by atoms with van der Waals surface area (Å²) < 4.78 is 0. The smallest absolute Gasteiger partial charge is 0.315 e. The van der Waals surface area contributed by atoms with E-state index in [-0.39, 0.29) is 12.1 Å². The highest BCUT2D eigenvalue weighted by molar-refractivity contribution is 6.30. The summed E-state index contributed by atoms with van der Waals surface area (Å²) in [5.74, 6) is 1.57. The molecule has 0 bridgehead atoms. The predicted octanol–water partition coefficient (Wildman–Crippen LogP) is 4.07. The fraction of sp³-hybridized carbons (Fsp3) is 0.632. The zero-order chi connectivity index (χ0) is 17.5. The maximum Gasteiger partial charge on any atom is 0.315 e. The van der Waals surface area contributed by atoms with Crippen LogP contribution < -0.4 is 10.6 Å². The van der Waals surface area contributed by atoms with Crippen LogP contribution in [0.5, 0.6) is 0 Å². The van der Waals surface area contributed by atoms with Gasteiger partial charge in [0.25, 0.3) is 0 Å². The van der Waals surface area contributed by atoms with Crippen LogP contribution in [0.15, 0.2) is 24.3 Å². The Balaban J connectivity index is 1.63. The number of piperidine rings is 1. The Morgan fingerprint density at radius 3 is 2.50 bits per heavy atom. The van der Waals surface area contributed by atoms with E-state index in [4.69, 9.17) is 11.6 Å². The summed E-state index contributed by atoms with van der Waals surface area (Å²) in [5.41, 5.74) is 1.05. The van der Waals surface area contributed by atoms with Crippen LogP contribution in [0.25, 0.3) is 0 Å². The second kappa shape index (κ2) is 9.28. The topological polar surface area (TPSA) is 44.4 Å². The summed E-state index contributed by atoms with van der Waals surface area (Å²) in [6.45, 7) is 10.8. The molecule has 24 heavy (non-hydrogen) atoms. The molecule has 1 aliphatic heterocycles. The Bertz CT molecular complexity index is 510. The van der Waals surface area contributed by atoms with Crippen molar-refractivity contribution in [3.63, 3.8) is 0 Å². The molecule has 134 valence electrons. The average Bonchev–Trinajstić information content (AvgIpc) is 2.51. The molecule has 0 spiro atoms. The normalized spacial score (nSPS) is 22.8. The lowest BCUT2D eigenvalue weighted by molar-refractivity contribution is 0.139. The molecule has 1 aliphatic rings. The Morgan fingerprint density at radius 1 is 1.25 bits per heavy atom. The second-order valence-corrected chi connectivity index (χ2v) is 7.67. The van der Waals surface area contributed by atoms with Gasteiger partial charge in [-0.1, -0.05) is 37.6 Å². The molecule has 1 saturated heterocycles. The molecule has 2 amide bonds. The quantitative estimate of drug-likeness (QED) is 0.759. The van der Waals surface area contributed by atoms with Crippen molar-refractivity contribution in [2.24, 2.45) is 11.8 Å². The fourth-order valence-electron chi connectivity index (χ4n) is 3.56. The van der Waals surface area contributed by atoms with Crippen LogP contribution in [0, 0.1) is 11.8 Å². The van der Waals surface area contributed by atoms with Gasteiger partial charge in [0.15, 0.2) is 0 Å². The summed E-state index contributed by atoms with van der Waals surface area (Å²) in [7, 11) is 0. The lowest BCUT2D eigenvalue weighted by atomic mass is 9.92. The van der Waals surface area contributed by atoms with Gasteiger partial charge in [-0.15, -0.1) is 0 Å². The third-order valence-corrected chi connectivity index (χ3v) is 4.85. The van der Waals surface area contributed by atoms with Crippen molar-refractivity contribution in [1.29, 1.82) is 0 Å². The molecule has 0 radical (unpaired) electrons.